The molecule has 0 radical (unpaired) electrons. The molecule has 1 unspecified atom stereocenters. The number of anilines is 1. The van der Waals surface area contributed by atoms with Gasteiger partial charge in [0.1, 0.15) is 6.54 Å². The molecule has 1 aromatic heterocycles. The summed E-state index contributed by atoms with van der Waals surface area (Å²) in [6, 6.07) is 16.0. The molecule has 60 heavy (non-hydrogen) atoms. The number of carbonyl (C=O) groups excluding carboxylic acids is 9. The summed E-state index contributed by atoms with van der Waals surface area (Å²) >= 11 is 0. The Kier molecular flexibility index (Phi) is 15.3. The highest BCUT2D eigenvalue weighted by Crippen LogP contribution is 2.40. The minimum Gasteiger partial charge on any atom is -0.458 e. The summed E-state index contributed by atoms with van der Waals surface area (Å²) in [7, 11) is 0. The van der Waals surface area contributed by atoms with Crippen LogP contribution in [0.15, 0.2) is 70.2 Å². The molecule has 4 rings (SSSR count). The van der Waals surface area contributed by atoms with E-state index in [0.29, 0.717) is 11.1 Å². The van der Waals surface area contributed by atoms with Crippen molar-refractivity contribution in [2.24, 2.45) is 5.10 Å². The first-order valence-electron chi connectivity index (χ1n) is 17.8. The van der Waals surface area contributed by atoms with E-state index in [-0.39, 0.29) is 12.4 Å². The fourth-order valence-corrected chi connectivity index (χ4v) is 6.13. The Labute approximate surface area is 340 Å². The van der Waals surface area contributed by atoms with Gasteiger partial charge in [0.15, 0.2) is 36.6 Å². The number of amides is 3. The zero-order valence-corrected chi connectivity index (χ0v) is 33.0. The predicted octanol–water partition coefficient (Wildman–Crippen LogP) is 1.25. The smallest absolute Gasteiger partial charge is 0.336 e. The second kappa shape index (κ2) is 20.3. The van der Waals surface area contributed by atoms with Crippen LogP contribution in [0.4, 0.5) is 10.8 Å². The highest BCUT2D eigenvalue weighted by atomic mass is 16.6. The van der Waals surface area contributed by atoms with E-state index in [1.54, 1.807) is 60.7 Å². The molecule has 318 valence electrons. The first kappa shape index (κ1) is 45.2. The molecule has 22 nitrogen and oxygen atoms in total. The van der Waals surface area contributed by atoms with E-state index < -0.39 is 102 Å². The van der Waals surface area contributed by atoms with Gasteiger partial charge in [0.05, 0.1) is 6.21 Å². The average molecular weight is 837 g/mol. The van der Waals surface area contributed by atoms with Gasteiger partial charge in [-0.2, -0.15) is 5.10 Å². The van der Waals surface area contributed by atoms with Crippen molar-refractivity contribution in [3.63, 3.8) is 0 Å². The molecule has 22 heteroatoms. The third-order valence-corrected chi connectivity index (χ3v) is 8.23. The van der Waals surface area contributed by atoms with Gasteiger partial charge in [0.25, 0.3) is 5.91 Å². The lowest BCUT2D eigenvalue weighted by molar-refractivity contribution is -0.206. The quantitative estimate of drug-likeness (QED) is 0.0565. The molecular weight excluding hydrogens is 796 g/mol. The number of ether oxygens (including phenoxy) is 6. The molecule has 1 aliphatic heterocycles. The van der Waals surface area contributed by atoms with Crippen LogP contribution in [-0.2, 0) is 78.9 Å². The lowest BCUT2D eigenvalue weighted by atomic mass is 9.81. The molecule has 0 aliphatic carbocycles. The van der Waals surface area contributed by atoms with Crippen molar-refractivity contribution in [1.29, 1.82) is 0 Å². The molecule has 0 saturated carbocycles. The molecule has 1 fully saturated rings. The predicted molar refractivity (Wildman–Crippen MR) is 199 cm³/mol. The minimum absolute atomic E-state index is 0.169. The number of rotatable bonds is 19. The summed E-state index contributed by atoms with van der Waals surface area (Å²) in [6.45, 7) is 4.18. The summed E-state index contributed by atoms with van der Waals surface area (Å²) in [4.78, 5) is 115. The van der Waals surface area contributed by atoms with Crippen molar-refractivity contribution < 1.29 is 76.0 Å². The summed E-state index contributed by atoms with van der Waals surface area (Å²) in [5, 5.41) is 14.1. The SMILES string of the molecule is CC(=O)OCC(=O)[C@H](OC(C)=O)[C@@H](OC(C)=O)[C@@H](OC(C)=O)[C@H](OC(C)=O)C(/C=N\Nc1nnc(CN2C(=O)NC(=O)C2(c2ccccc2)c2ccccc2)o1)OC(C)=O. The van der Waals surface area contributed by atoms with Crippen molar-refractivity contribution in [2.45, 2.75) is 84.1 Å². The maximum absolute atomic E-state index is 13.6. The molecule has 1 saturated heterocycles. The van der Waals surface area contributed by atoms with Gasteiger partial charge in [0, 0.05) is 41.5 Å². The van der Waals surface area contributed by atoms with Crippen LogP contribution < -0.4 is 10.7 Å². The standard InChI is InChI=1S/C38H40N6O16/c1-20(45)54-19-28(51)31(56-22(3)47)33(58-24(5)49)34(59-25(6)50)32(57-23(4)48)29(55-21(2)46)17-39-42-36-43-41-30(60-36)18-44-37(53)40-35(52)38(44,26-13-9-7-10-14-26)27-15-11-8-12-16-27/h7-17,29,31-34H,18-19H2,1-6H3,(H,42,43)(H,40,52,53)/b39-17-/t29?,31-,32+,33+,34-/m0/s1. The Bertz CT molecular complexity index is 2080. The van der Waals surface area contributed by atoms with Crippen molar-refractivity contribution >= 4 is 65.8 Å². The number of esters is 6. The monoisotopic (exact) mass is 836 g/mol. The zero-order chi connectivity index (χ0) is 44.1. The number of carbonyl (C=O) groups is 9. The Morgan fingerprint density at radius 3 is 1.75 bits per heavy atom. The van der Waals surface area contributed by atoms with Crippen LogP contribution in [0.2, 0.25) is 0 Å². The summed E-state index contributed by atoms with van der Waals surface area (Å²) < 4.78 is 37.0. The number of hydrazone groups is 1. The Balaban J connectivity index is 1.69. The third kappa shape index (κ3) is 11.3. The van der Waals surface area contributed by atoms with Crippen LogP contribution in [0.1, 0.15) is 58.6 Å². The van der Waals surface area contributed by atoms with Gasteiger partial charge in [-0.1, -0.05) is 65.8 Å². The van der Waals surface area contributed by atoms with Crippen LogP contribution in [-0.4, -0.2) is 112 Å². The van der Waals surface area contributed by atoms with Gasteiger partial charge >= 0.3 is 47.9 Å². The highest BCUT2D eigenvalue weighted by Gasteiger charge is 2.56. The van der Waals surface area contributed by atoms with E-state index in [1.807, 2.05) is 0 Å². The Morgan fingerprint density at radius 1 is 0.717 bits per heavy atom. The van der Waals surface area contributed by atoms with Gasteiger partial charge in [-0.05, 0) is 11.1 Å². The average Bonchev–Trinajstić information content (AvgIpc) is 3.73. The largest absolute Gasteiger partial charge is 0.458 e. The lowest BCUT2D eigenvalue weighted by Gasteiger charge is -2.36. The van der Waals surface area contributed by atoms with E-state index >= 15 is 0 Å². The van der Waals surface area contributed by atoms with Gasteiger partial charge in [0.2, 0.25) is 17.8 Å². The molecule has 5 atom stereocenters. The molecular formula is C38H40N6O16. The second-order valence-electron chi connectivity index (χ2n) is 12.8. The van der Waals surface area contributed by atoms with Gasteiger partial charge in [-0.3, -0.25) is 48.6 Å². The molecule has 1 aliphatic rings. The summed E-state index contributed by atoms with van der Waals surface area (Å²) in [5.74, 6) is -8.23. The van der Waals surface area contributed by atoms with Crippen molar-refractivity contribution in [1.82, 2.24) is 20.4 Å². The number of nitrogens with one attached hydrogen (secondary N) is 2. The summed E-state index contributed by atoms with van der Waals surface area (Å²) in [5.41, 5.74) is 1.69. The number of hydrogen-bond acceptors (Lipinski definition) is 20. The number of aromatic nitrogens is 2. The van der Waals surface area contributed by atoms with Gasteiger partial charge in [-0.25, -0.2) is 10.2 Å². The van der Waals surface area contributed by atoms with E-state index in [1.165, 1.54) is 4.90 Å². The lowest BCUT2D eigenvalue weighted by Crippen LogP contribution is -2.58. The number of benzene rings is 2. The number of ketones is 1. The molecule has 3 aromatic rings. The first-order chi connectivity index (χ1) is 28.4. The Hall–Kier alpha value is -7.52. The minimum atomic E-state index is -2.14. The van der Waals surface area contributed by atoms with E-state index in [4.69, 9.17) is 32.8 Å². The normalized spacial score (nSPS) is 15.7. The van der Waals surface area contributed by atoms with Crippen molar-refractivity contribution in [3.8, 4) is 0 Å². The Morgan fingerprint density at radius 2 is 1.23 bits per heavy atom. The van der Waals surface area contributed by atoms with Crippen molar-refractivity contribution in [2.75, 3.05) is 12.0 Å². The van der Waals surface area contributed by atoms with E-state index in [9.17, 15) is 43.2 Å². The second-order valence-corrected chi connectivity index (χ2v) is 12.8. The van der Waals surface area contributed by atoms with Gasteiger partial charge in [-0.15, -0.1) is 5.10 Å². The maximum atomic E-state index is 13.6. The molecule has 3 amide bonds. The molecule has 2 heterocycles. The van der Waals surface area contributed by atoms with Gasteiger partial charge < -0.3 is 32.8 Å². The fourth-order valence-electron chi connectivity index (χ4n) is 6.13. The number of hydrogen-bond donors (Lipinski definition) is 2. The van der Waals surface area contributed by atoms with Crippen LogP contribution >= 0.6 is 0 Å². The number of imide groups is 1. The highest BCUT2D eigenvalue weighted by molar-refractivity contribution is 6.09. The van der Waals surface area contributed by atoms with Crippen LogP contribution in [0, 0.1) is 0 Å². The maximum Gasteiger partial charge on any atom is 0.336 e. The molecule has 2 aromatic carbocycles. The first-order valence-corrected chi connectivity index (χ1v) is 17.8. The summed E-state index contributed by atoms with van der Waals surface area (Å²) in [6.07, 6.45) is -9.37. The topological polar surface area (TPSA) is 288 Å². The van der Waals surface area contributed by atoms with Crippen LogP contribution in [0.25, 0.3) is 0 Å². The third-order valence-electron chi connectivity index (χ3n) is 8.23. The van der Waals surface area contributed by atoms with Crippen LogP contribution in [0.5, 0.6) is 0 Å². The number of urea groups is 1. The molecule has 0 spiro atoms. The van der Waals surface area contributed by atoms with E-state index in [2.05, 4.69) is 26.0 Å². The fraction of sp³-hybridized carbons (Fsp3) is 0.368. The molecule has 2 N–H and O–H groups in total. The number of nitrogens with zero attached hydrogens (tertiary/aromatic N) is 4. The van der Waals surface area contributed by atoms with E-state index in [0.717, 1.165) is 47.8 Å². The van der Waals surface area contributed by atoms with Crippen LogP contribution in [0.3, 0.4) is 0 Å². The zero-order valence-electron chi connectivity index (χ0n) is 33.0. The number of Topliss-reactive ketones (excluding diaryl/α,β-unsaturated/α-hetero) is 1. The van der Waals surface area contributed by atoms with Crippen molar-refractivity contribution in [3.05, 3.63) is 77.7 Å². The molecule has 0 bridgehead atoms.